The van der Waals surface area contributed by atoms with E-state index < -0.39 is 0 Å². The molecule has 0 spiro atoms. The molecule has 0 bridgehead atoms. The maximum absolute atomic E-state index is 13.3. The van der Waals surface area contributed by atoms with Crippen LogP contribution in [0.5, 0.6) is 11.5 Å². The zero-order valence-corrected chi connectivity index (χ0v) is 23.0. The maximum Gasteiger partial charge on any atom is 0.252 e. The molecule has 1 aliphatic heterocycles. The molecular formula is C29H36N6O3. The molecule has 3 heterocycles. The number of nitrogens with one attached hydrogen (secondary N) is 1. The van der Waals surface area contributed by atoms with Crippen LogP contribution in [0.25, 0.3) is 10.9 Å². The van der Waals surface area contributed by atoms with Crippen LogP contribution < -0.4 is 15.0 Å². The van der Waals surface area contributed by atoms with Crippen LogP contribution in [0.1, 0.15) is 74.7 Å². The van der Waals surface area contributed by atoms with Crippen molar-refractivity contribution in [1.82, 2.24) is 30.1 Å². The summed E-state index contributed by atoms with van der Waals surface area (Å²) in [6.07, 6.45) is 1.65. The standard InChI is InChI=1S/C29H36N6O3/c1-7-23(27-31-32-33-35(27)29(5,6)8-2)34(15-20-10-12-24-25(13-20)38-17-37-24)16-22-14-21-11-9-18(3)19(4)26(21)30-28(22)36/h9-14,23H,7-8,15-17H2,1-6H3,(H,30,36). The molecule has 0 fully saturated rings. The van der Waals surface area contributed by atoms with Crippen molar-refractivity contribution in [3.63, 3.8) is 0 Å². The van der Waals surface area contributed by atoms with Crippen molar-refractivity contribution in [2.75, 3.05) is 6.79 Å². The highest BCUT2D eigenvalue weighted by Gasteiger charge is 2.31. The fourth-order valence-electron chi connectivity index (χ4n) is 5.04. The van der Waals surface area contributed by atoms with Crippen molar-refractivity contribution in [3.8, 4) is 11.5 Å². The third kappa shape index (κ3) is 4.78. The Labute approximate surface area is 222 Å². The predicted molar refractivity (Wildman–Crippen MR) is 146 cm³/mol. The second-order valence-corrected chi connectivity index (χ2v) is 10.7. The van der Waals surface area contributed by atoms with E-state index in [2.05, 4.69) is 72.2 Å². The number of H-pyrrole nitrogens is 1. The van der Waals surface area contributed by atoms with Gasteiger partial charge in [-0.2, -0.15) is 0 Å². The summed E-state index contributed by atoms with van der Waals surface area (Å²) in [6.45, 7) is 13.9. The Balaban J connectivity index is 1.57. The number of fused-ring (bicyclic) bond motifs is 2. The van der Waals surface area contributed by atoms with Crippen LogP contribution in [0.3, 0.4) is 0 Å². The van der Waals surface area contributed by atoms with Crippen LogP contribution in [-0.4, -0.2) is 36.9 Å². The first kappa shape index (κ1) is 25.9. The molecule has 0 radical (unpaired) electrons. The number of benzene rings is 2. The molecule has 0 amide bonds. The molecule has 1 aliphatic rings. The van der Waals surface area contributed by atoms with Gasteiger partial charge in [-0.25, -0.2) is 4.68 Å². The van der Waals surface area contributed by atoms with Gasteiger partial charge in [-0.3, -0.25) is 9.69 Å². The zero-order chi connectivity index (χ0) is 27.0. The van der Waals surface area contributed by atoms with Crippen LogP contribution in [0.4, 0.5) is 0 Å². The smallest absolute Gasteiger partial charge is 0.252 e. The lowest BCUT2D eigenvalue weighted by Gasteiger charge is -2.33. The Kier molecular flexibility index (Phi) is 6.96. The van der Waals surface area contributed by atoms with Gasteiger partial charge in [0.25, 0.3) is 5.56 Å². The van der Waals surface area contributed by atoms with Crippen molar-refractivity contribution in [2.45, 2.75) is 79.1 Å². The highest BCUT2D eigenvalue weighted by molar-refractivity contribution is 5.83. The molecule has 0 saturated heterocycles. The topological polar surface area (TPSA) is 98.2 Å². The quantitative estimate of drug-likeness (QED) is 0.328. The first-order valence-electron chi connectivity index (χ1n) is 13.2. The maximum atomic E-state index is 13.3. The van der Waals surface area contributed by atoms with Gasteiger partial charge in [-0.1, -0.05) is 32.0 Å². The fraction of sp³-hybridized carbons (Fsp3) is 0.448. The minimum atomic E-state index is -0.244. The Bertz CT molecular complexity index is 1520. The summed E-state index contributed by atoms with van der Waals surface area (Å²) in [7, 11) is 0. The summed E-state index contributed by atoms with van der Waals surface area (Å²) in [5.74, 6) is 2.28. The van der Waals surface area contributed by atoms with Crippen LogP contribution >= 0.6 is 0 Å². The van der Waals surface area contributed by atoms with Crippen molar-refractivity contribution >= 4 is 10.9 Å². The normalized spacial score (nSPS) is 14.0. The van der Waals surface area contributed by atoms with Gasteiger partial charge < -0.3 is 14.5 Å². The Morgan fingerprint density at radius 1 is 1.08 bits per heavy atom. The number of nitrogens with zero attached hydrogens (tertiary/aromatic N) is 5. The number of aromatic nitrogens is 5. The highest BCUT2D eigenvalue weighted by Crippen LogP contribution is 2.35. The number of hydrogen-bond donors (Lipinski definition) is 1. The van der Waals surface area contributed by atoms with Gasteiger partial charge in [-0.15, -0.1) is 5.10 Å². The minimum absolute atomic E-state index is 0.0785. The minimum Gasteiger partial charge on any atom is -0.454 e. The van der Waals surface area contributed by atoms with E-state index in [1.165, 1.54) is 0 Å². The molecule has 2 aromatic heterocycles. The average molecular weight is 517 g/mol. The van der Waals surface area contributed by atoms with Crippen molar-refractivity contribution in [1.29, 1.82) is 0 Å². The van der Waals surface area contributed by atoms with Crippen LogP contribution in [0, 0.1) is 13.8 Å². The summed E-state index contributed by atoms with van der Waals surface area (Å²) in [6, 6.07) is 12.1. The summed E-state index contributed by atoms with van der Waals surface area (Å²) >= 11 is 0. The van der Waals surface area contributed by atoms with E-state index in [-0.39, 0.29) is 23.9 Å². The number of rotatable bonds is 9. The Morgan fingerprint density at radius 3 is 2.63 bits per heavy atom. The van der Waals surface area contributed by atoms with E-state index in [0.29, 0.717) is 18.7 Å². The third-order valence-electron chi connectivity index (χ3n) is 7.88. The molecule has 0 aliphatic carbocycles. The van der Waals surface area contributed by atoms with Gasteiger partial charge in [0.2, 0.25) is 6.79 Å². The molecule has 4 aromatic rings. The second kappa shape index (κ2) is 10.2. The Hall–Kier alpha value is -3.72. The summed E-state index contributed by atoms with van der Waals surface area (Å²) in [5.41, 5.74) is 4.58. The Morgan fingerprint density at radius 2 is 1.87 bits per heavy atom. The van der Waals surface area contributed by atoms with Gasteiger partial charge in [0, 0.05) is 18.7 Å². The first-order valence-corrected chi connectivity index (χ1v) is 13.2. The van der Waals surface area contributed by atoms with Crippen molar-refractivity contribution in [3.05, 3.63) is 74.8 Å². The van der Waals surface area contributed by atoms with Crippen LogP contribution in [0.2, 0.25) is 0 Å². The largest absolute Gasteiger partial charge is 0.454 e. The summed E-state index contributed by atoms with van der Waals surface area (Å²) < 4.78 is 13.1. The SMILES string of the molecule is CCC(c1nnnn1C(C)(C)CC)N(Cc1ccc2c(c1)OCO2)Cc1cc2ccc(C)c(C)c2[nH]c1=O. The van der Waals surface area contributed by atoms with E-state index in [0.717, 1.165) is 57.8 Å². The van der Waals surface area contributed by atoms with Crippen molar-refractivity contribution < 1.29 is 9.47 Å². The number of aromatic amines is 1. The lowest BCUT2D eigenvalue weighted by molar-refractivity contribution is 0.150. The molecule has 2 aromatic carbocycles. The summed E-state index contributed by atoms with van der Waals surface area (Å²) in [5, 5.41) is 13.9. The van der Waals surface area contributed by atoms with Gasteiger partial charge in [0.15, 0.2) is 17.3 Å². The fourth-order valence-corrected chi connectivity index (χ4v) is 5.04. The molecular weight excluding hydrogens is 480 g/mol. The monoisotopic (exact) mass is 516 g/mol. The van der Waals surface area contributed by atoms with Crippen LogP contribution in [-0.2, 0) is 18.6 Å². The van der Waals surface area contributed by atoms with Gasteiger partial charge in [-0.05, 0) is 91.2 Å². The predicted octanol–water partition coefficient (Wildman–Crippen LogP) is 5.16. The second-order valence-electron chi connectivity index (χ2n) is 10.7. The molecule has 1 atom stereocenters. The molecule has 38 heavy (non-hydrogen) atoms. The van der Waals surface area contributed by atoms with E-state index >= 15 is 0 Å². The van der Waals surface area contributed by atoms with Crippen molar-refractivity contribution in [2.24, 2.45) is 0 Å². The van der Waals surface area contributed by atoms with E-state index in [9.17, 15) is 4.79 Å². The van der Waals surface area contributed by atoms with Gasteiger partial charge in [0.1, 0.15) is 0 Å². The molecule has 1 N–H and O–H groups in total. The average Bonchev–Trinajstić information content (AvgIpc) is 3.58. The van der Waals surface area contributed by atoms with Gasteiger partial charge >= 0.3 is 0 Å². The van der Waals surface area contributed by atoms with Gasteiger partial charge in [0.05, 0.1) is 17.1 Å². The lowest BCUT2D eigenvalue weighted by Crippen LogP contribution is -2.36. The summed E-state index contributed by atoms with van der Waals surface area (Å²) in [4.78, 5) is 18.8. The number of hydrogen-bond acceptors (Lipinski definition) is 7. The molecule has 9 nitrogen and oxygen atoms in total. The molecule has 200 valence electrons. The molecule has 0 saturated carbocycles. The van der Waals surface area contributed by atoms with E-state index in [1.54, 1.807) is 0 Å². The lowest BCUT2D eigenvalue weighted by atomic mass is 10.0. The van der Waals surface area contributed by atoms with Crippen LogP contribution in [0.15, 0.2) is 41.2 Å². The number of tetrazole rings is 1. The third-order valence-corrected chi connectivity index (χ3v) is 7.88. The number of pyridine rings is 1. The molecule has 9 heteroatoms. The highest BCUT2D eigenvalue weighted by atomic mass is 16.7. The van der Waals surface area contributed by atoms with E-state index in [4.69, 9.17) is 9.47 Å². The zero-order valence-electron chi connectivity index (χ0n) is 23.0. The van der Waals surface area contributed by atoms with E-state index in [1.807, 2.05) is 35.9 Å². The number of ether oxygens (including phenoxy) is 2. The molecule has 5 rings (SSSR count). The molecule has 1 unspecified atom stereocenters. The number of aryl methyl sites for hydroxylation is 2. The first-order chi connectivity index (χ1) is 18.2.